The molecule has 0 aliphatic carbocycles. The van der Waals surface area contributed by atoms with Gasteiger partial charge in [0.15, 0.2) is 5.82 Å². The minimum atomic E-state index is -0.402. The number of aryl methyl sites for hydroxylation is 1. The van der Waals surface area contributed by atoms with Crippen LogP contribution in [0.5, 0.6) is 0 Å². The molecule has 0 saturated carbocycles. The van der Waals surface area contributed by atoms with Crippen LogP contribution < -0.4 is 5.43 Å². The van der Waals surface area contributed by atoms with Crippen LogP contribution in [0.2, 0.25) is 0 Å². The van der Waals surface area contributed by atoms with Crippen LogP contribution in [0.25, 0.3) is 10.9 Å². The lowest BCUT2D eigenvalue weighted by Gasteiger charge is -2.09. The summed E-state index contributed by atoms with van der Waals surface area (Å²) in [5.41, 5.74) is 8.79. The maximum atomic E-state index is 11.0. The van der Waals surface area contributed by atoms with Crippen LogP contribution in [0.15, 0.2) is 59.7 Å². The highest BCUT2D eigenvalue weighted by atomic mass is 16.6. The number of para-hydroxylation sites is 1. The van der Waals surface area contributed by atoms with E-state index in [0.29, 0.717) is 24.5 Å². The lowest BCUT2D eigenvalue weighted by Crippen LogP contribution is -2.04. The van der Waals surface area contributed by atoms with E-state index in [0.717, 1.165) is 39.0 Å². The average Bonchev–Trinajstić information content (AvgIpc) is 3.10. The lowest BCUT2D eigenvalue weighted by atomic mass is 10.1. The number of methoxy groups -OCH3 is 1. The van der Waals surface area contributed by atoms with Crippen LogP contribution in [-0.2, 0) is 17.9 Å². The molecule has 2 heterocycles. The van der Waals surface area contributed by atoms with Crippen LogP contribution in [0.1, 0.15) is 33.6 Å². The molecule has 0 unspecified atom stereocenters. The number of fused-ring (bicyclic) bond motifs is 1. The molecule has 1 N–H and O–H groups in total. The van der Waals surface area contributed by atoms with Gasteiger partial charge in [-0.1, -0.05) is 30.3 Å². The number of hydrogen-bond acceptors (Lipinski definition) is 7. The number of nitrogens with one attached hydrogen (secondary N) is 1. The van der Waals surface area contributed by atoms with Gasteiger partial charge in [-0.05, 0) is 31.5 Å². The first-order valence-corrected chi connectivity index (χ1v) is 10.9. The van der Waals surface area contributed by atoms with E-state index in [1.165, 1.54) is 12.1 Å². The van der Waals surface area contributed by atoms with Crippen LogP contribution in [0.4, 0.5) is 11.5 Å². The molecule has 4 rings (SSSR count). The first-order chi connectivity index (χ1) is 16.9. The number of aromatic nitrogens is 2. The van der Waals surface area contributed by atoms with Gasteiger partial charge in [-0.2, -0.15) is 10.4 Å². The molecule has 35 heavy (non-hydrogen) atoms. The van der Waals surface area contributed by atoms with Gasteiger partial charge < -0.3 is 9.30 Å². The van der Waals surface area contributed by atoms with Crippen molar-refractivity contribution in [3.05, 3.63) is 98.4 Å². The third-order valence-corrected chi connectivity index (χ3v) is 5.77. The van der Waals surface area contributed by atoms with Crippen molar-refractivity contribution < 1.29 is 9.66 Å². The fraction of sp³-hybridized carbons (Fsp3) is 0.192. The Balaban J connectivity index is 1.67. The molecule has 0 atom stereocenters. The third kappa shape index (κ3) is 4.88. The highest BCUT2D eigenvalue weighted by Gasteiger charge is 2.14. The van der Waals surface area contributed by atoms with Crippen LogP contribution in [0, 0.1) is 35.3 Å². The first-order valence-electron chi connectivity index (χ1n) is 10.9. The summed E-state index contributed by atoms with van der Waals surface area (Å²) in [6, 6.07) is 18.6. The van der Waals surface area contributed by atoms with Crippen LogP contribution >= 0.6 is 0 Å². The predicted octanol–water partition coefficient (Wildman–Crippen LogP) is 5.07. The van der Waals surface area contributed by atoms with Crippen molar-refractivity contribution in [2.45, 2.75) is 27.0 Å². The summed E-state index contributed by atoms with van der Waals surface area (Å²) in [6.07, 6.45) is 1.73. The molecule has 176 valence electrons. The Hall–Kier alpha value is -4.55. The van der Waals surface area contributed by atoms with E-state index < -0.39 is 4.92 Å². The number of anilines is 1. The van der Waals surface area contributed by atoms with Crippen molar-refractivity contribution in [1.29, 1.82) is 5.26 Å². The second-order valence-electron chi connectivity index (χ2n) is 8.09. The van der Waals surface area contributed by atoms with Gasteiger partial charge in [-0.3, -0.25) is 15.5 Å². The summed E-state index contributed by atoms with van der Waals surface area (Å²) in [7, 11) is 1.58. The molecule has 0 bridgehead atoms. The molecule has 0 aliphatic rings. The molecule has 0 saturated heterocycles. The van der Waals surface area contributed by atoms with Gasteiger partial charge >= 0.3 is 0 Å². The van der Waals surface area contributed by atoms with Crippen molar-refractivity contribution in [3.63, 3.8) is 0 Å². The molecule has 0 fully saturated rings. The van der Waals surface area contributed by atoms with Crippen molar-refractivity contribution in [3.8, 4) is 6.07 Å². The molecule has 9 heteroatoms. The van der Waals surface area contributed by atoms with Crippen molar-refractivity contribution in [2.75, 3.05) is 12.5 Å². The highest BCUT2D eigenvalue weighted by Crippen LogP contribution is 2.26. The fourth-order valence-electron chi connectivity index (χ4n) is 4.10. The molecule has 0 radical (unpaired) electrons. The maximum absolute atomic E-state index is 11.0. The highest BCUT2D eigenvalue weighted by molar-refractivity contribution is 6.01. The van der Waals surface area contributed by atoms with E-state index in [9.17, 15) is 15.4 Å². The maximum Gasteiger partial charge on any atom is 0.269 e. The van der Waals surface area contributed by atoms with E-state index in [-0.39, 0.29) is 5.69 Å². The number of nitro benzene ring substituents is 1. The lowest BCUT2D eigenvalue weighted by molar-refractivity contribution is -0.384. The molecule has 4 aromatic rings. The van der Waals surface area contributed by atoms with Crippen molar-refractivity contribution >= 4 is 28.6 Å². The zero-order valence-corrected chi connectivity index (χ0v) is 19.6. The monoisotopic (exact) mass is 468 g/mol. The number of nitriles is 1. The standard InChI is InChI=1S/C26H24N6O3/c1-17-12-20(16-35-3)23(13-27)26(29-17)30-28-14-24-18(2)31(25-7-5-4-6-22(24)25)15-19-8-10-21(11-9-19)32(33)34/h4-12,14H,15-16H2,1-3H3,(H,29,30)/b28-14-. The first kappa shape index (κ1) is 23.6. The summed E-state index contributed by atoms with van der Waals surface area (Å²) in [6.45, 7) is 4.73. The van der Waals surface area contributed by atoms with Crippen molar-refractivity contribution in [1.82, 2.24) is 9.55 Å². The Morgan fingerprint density at radius 3 is 2.66 bits per heavy atom. The zero-order chi connectivity index (χ0) is 24.9. The number of hydrazone groups is 1. The summed E-state index contributed by atoms with van der Waals surface area (Å²) in [4.78, 5) is 15.0. The largest absolute Gasteiger partial charge is 0.380 e. The zero-order valence-electron chi connectivity index (χ0n) is 19.6. The molecular formula is C26H24N6O3. The molecule has 0 spiro atoms. The van der Waals surface area contributed by atoms with Crippen LogP contribution in [-0.4, -0.2) is 27.8 Å². The average molecular weight is 469 g/mol. The molecule has 0 aliphatic heterocycles. The second-order valence-corrected chi connectivity index (χ2v) is 8.09. The van der Waals surface area contributed by atoms with E-state index in [2.05, 4.69) is 26.1 Å². The van der Waals surface area contributed by atoms with Gasteiger partial charge in [0, 0.05) is 59.2 Å². The molecule has 2 aromatic heterocycles. The van der Waals surface area contributed by atoms with E-state index >= 15 is 0 Å². The van der Waals surface area contributed by atoms with E-state index in [1.807, 2.05) is 44.2 Å². The number of nitro groups is 1. The predicted molar refractivity (Wildman–Crippen MR) is 134 cm³/mol. The Morgan fingerprint density at radius 1 is 1.23 bits per heavy atom. The number of benzene rings is 2. The number of hydrogen-bond donors (Lipinski definition) is 1. The molecule has 2 aromatic carbocycles. The quantitative estimate of drug-likeness (QED) is 0.219. The SMILES string of the molecule is COCc1cc(C)nc(N/N=C\c2c(C)n(Cc3ccc([N+](=O)[O-])cc3)c3ccccc23)c1C#N. The second kappa shape index (κ2) is 10.2. The number of pyridine rings is 1. The number of nitrogens with zero attached hydrogens (tertiary/aromatic N) is 5. The normalized spacial score (nSPS) is 11.1. The number of rotatable bonds is 8. The Morgan fingerprint density at radius 2 is 1.97 bits per heavy atom. The van der Waals surface area contributed by atoms with Gasteiger partial charge in [0.25, 0.3) is 5.69 Å². The van der Waals surface area contributed by atoms with Crippen molar-refractivity contribution in [2.24, 2.45) is 5.10 Å². The van der Waals surface area contributed by atoms with Gasteiger partial charge in [0.05, 0.1) is 17.7 Å². The van der Waals surface area contributed by atoms with Gasteiger partial charge in [-0.15, -0.1) is 0 Å². The van der Waals surface area contributed by atoms with Gasteiger partial charge in [0.2, 0.25) is 0 Å². The summed E-state index contributed by atoms with van der Waals surface area (Å²) < 4.78 is 7.36. The molecule has 0 amide bonds. The molecule has 9 nitrogen and oxygen atoms in total. The summed E-state index contributed by atoms with van der Waals surface area (Å²) in [5, 5.41) is 26.0. The Labute approximate surface area is 202 Å². The smallest absolute Gasteiger partial charge is 0.269 e. The number of ether oxygens (including phenoxy) is 1. The van der Waals surface area contributed by atoms with E-state index in [1.54, 1.807) is 25.5 Å². The Kier molecular flexibility index (Phi) is 6.85. The van der Waals surface area contributed by atoms with E-state index in [4.69, 9.17) is 4.74 Å². The molecular weight excluding hydrogens is 444 g/mol. The summed E-state index contributed by atoms with van der Waals surface area (Å²) in [5.74, 6) is 0.378. The summed E-state index contributed by atoms with van der Waals surface area (Å²) >= 11 is 0. The fourth-order valence-corrected chi connectivity index (χ4v) is 4.10. The minimum absolute atomic E-state index is 0.0666. The third-order valence-electron chi connectivity index (χ3n) is 5.77. The topological polar surface area (TPSA) is 118 Å². The van der Waals surface area contributed by atoms with Crippen LogP contribution in [0.3, 0.4) is 0 Å². The minimum Gasteiger partial charge on any atom is -0.380 e. The van der Waals surface area contributed by atoms with Gasteiger partial charge in [0.1, 0.15) is 11.6 Å². The van der Waals surface area contributed by atoms with Gasteiger partial charge in [-0.25, -0.2) is 4.98 Å². The number of non-ortho nitro benzene ring substituents is 1. The Bertz CT molecular complexity index is 1470.